The molecular weight excluding hydrogens is 474 g/mol. The number of hydrogen-bond acceptors (Lipinski definition) is 3. The minimum Gasteiger partial charge on any atom is -0.481 e. The minimum atomic E-state index is -0.737. The van der Waals surface area contributed by atoms with Gasteiger partial charge in [0.1, 0.15) is 0 Å². The summed E-state index contributed by atoms with van der Waals surface area (Å²) in [4.78, 5) is 15.5. The summed E-state index contributed by atoms with van der Waals surface area (Å²) >= 11 is 8.76. The molecule has 1 aliphatic carbocycles. The molecule has 0 bridgehead atoms. The highest BCUT2D eigenvalue weighted by atomic mass is 79.9. The Labute approximate surface area is 198 Å². The van der Waals surface area contributed by atoms with Crippen LogP contribution in [0.15, 0.2) is 53.0 Å². The average molecular weight is 504 g/mol. The summed E-state index contributed by atoms with van der Waals surface area (Å²) in [5, 5.41) is 9.46. The first-order valence-corrected chi connectivity index (χ1v) is 12.0. The molecule has 0 saturated carbocycles. The first kappa shape index (κ1) is 23.7. The Kier molecular flexibility index (Phi) is 8.87. The van der Waals surface area contributed by atoms with Gasteiger partial charge in [0, 0.05) is 35.7 Å². The number of carboxylic acid groups (broad SMARTS) is 1. The van der Waals surface area contributed by atoms with Crippen LogP contribution in [0.1, 0.15) is 49.3 Å². The number of fused-ring (bicyclic) bond motifs is 1. The summed E-state index contributed by atoms with van der Waals surface area (Å²) in [6.45, 7) is 2.37. The number of carbonyl (C=O) groups is 1. The number of aryl methyl sites for hydroxylation is 1. The molecule has 3 rings (SSSR count). The van der Waals surface area contributed by atoms with E-state index in [4.69, 9.17) is 23.1 Å². The van der Waals surface area contributed by atoms with Crippen LogP contribution in [-0.4, -0.2) is 40.7 Å². The van der Waals surface area contributed by atoms with Crippen LogP contribution in [0.4, 0.5) is 5.69 Å². The highest BCUT2D eigenvalue weighted by Gasteiger charge is 2.25. The molecule has 2 aromatic carbocycles. The van der Waals surface area contributed by atoms with Crippen molar-refractivity contribution in [3.05, 3.63) is 64.1 Å². The normalized spacial score (nSPS) is 15.5. The van der Waals surface area contributed by atoms with Gasteiger partial charge < -0.3 is 15.7 Å². The number of aliphatic carboxylic acids is 1. The molecule has 0 heterocycles. The Balaban J connectivity index is 1.69. The van der Waals surface area contributed by atoms with E-state index in [1.165, 1.54) is 11.1 Å². The average Bonchev–Trinajstić information content (AvgIpc) is 2.75. The molecule has 0 saturated heterocycles. The number of hydrogen-bond donors (Lipinski definition) is 2. The van der Waals surface area contributed by atoms with E-state index in [1.54, 1.807) is 0 Å². The fourth-order valence-electron chi connectivity index (χ4n) is 4.38. The van der Waals surface area contributed by atoms with Gasteiger partial charge in [0.25, 0.3) is 0 Å². The van der Waals surface area contributed by atoms with E-state index >= 15 is 0 Å². The van der Waals surface area contributed by atoms with Crippen molar-refractivity contribution in [1.82, 2.24) is 4.90 Å². The van der Waals surface area contributed by atoms with Crippen LogP contribution in [0.3, 0.4) is 0 Å². The Morgan fingerprint density at radius 1 is 1.10 bits per heavy atom. The van der Waals surface area contributed by atoms with Gasteiger partial charge in [-0.2, -0.15) is 0 Å². The van der Waals surface area contributed by atoms with E-state index in [2.05, 4.69) is 45.1 Å². The van der Waals surface area contributed by atoms with Gasteiger partial charge in [-0.25, -0.2) is 0 Å². The van der Waals surface area contributed by atoms with Crippen molar-refractivity contribution >= 4 is 44.9 Å². The summed E-state index contributed by atoms with van der Waals surface area (Å²) < 4.78 is 1.01. The lowest BCUT2D eigenvalue weighted by Gasteiger charge is -2.36. The molecule has 3 N–H and O–H groups in total. The topological polar surface area (TPSA) is 69.8 Å². The zero-order valence-electron chi connectivity index (χ0n) is 17.7. The molecule has 0 spiro atoms. The first-order valence-electron chi connectivity index (χ1n) is 10.8. The van der Waals surface area contributed by atoms with E-state index in [1.807, 2.05) is 29.2 Å². The van der Waals surface area contributed by atoms with E-state index < -0.39 is 5.97 Å². The van der Waals surface area contributed by atoms with Gasteiger partial charge >= 0.3 is 5.97 Å². The molecule has 166 valence electrons. The van der Waals surface area contributed by atoms with Crippen molar-refractivity contribution < 1.29 is 9.90 Å². The van der Waals surface area contributed by atoms with Crippen molar-refractivity contribution in [3.63, 3.8) is 0 Å². The third kappa shape index (κ3) is 6.76. The van der Waals surface area contributed by atoms with Crippen LogP contribution >= 0.6 is 28.1 Å². The molecular formula is C24H30BrN3O2S. The van der Waals surface area contributed by atoms with Crippen LogP contribution in [0.2, 0.25) is 0 Å². The third-order valence-corrected chi connectivity index (χ3v) is 6.59. The number of thiocarbonyl (C=S) groups is 1. The molecule has 31 heavy (non-hydrogen) atoms. The van der Waals surface area contributed by atoms with Crippen LogP contribution in [0, 0.1) is 0 Å². The SMILES string of the molecule is NC(=S)N(CCCN(CCCC(=O)O)[C@@H]1CCCc2ccccc21)c1ccc(Br)cc1. The number of benzene rings is 2. The molecule has 1 aliphatic rings. The number of nitrogens with zero attached hydrogens (tertiary/aromatic N) is 2. The molecule has 0 unspecified atom stereocenters. The predicted molar refractivity (Wildman–Crippen MR) is 133 cm³/mol. The molecule has 0 aromatic heterocycles. The van der Waals surface area contributed by atoms with Gasteiger partial charge in [0.05, 0.1) is 0 Å². The monoisotopic (exact) mass is 503 g/mol. The summed E-state index contributed by atoms with van der Waals surface area (Å²) in [5.41, 5.74) is 9.80. The number of rotatable bonds is 10. The van der Waals surface area contributed by atoms with Crippen LogP contribution in [0.25, 0.3) is 0 Å². The Bertz CT molecular complexity index is 891. The first-order chi connectivity index (χ1) is 15.0. The second kappa shape index (κ2) is 11.6. The number of anilines is 1. The Morgan fingerprint density at radius 3 is 2.52 bits per heavy atom. The van der Waals surface area contributed by atoms with Crippen LogP contribution < -0.4 is 10.6 Å². The largest absolute Gasteiger partial charge is 0.481 e. The van der Waals surface area contributed by atoms with Gasteiger partial charge in [-0.1, -0.05) is 40.2 Å². The predicted octanol–water partition coefficient (Wildman–Crippen LogP) is 5.13. The van der Waals surface area contributed by atoms with E-state index in [0.717, 1.165) is 55.5 Å². The summed E-state index contributed by atoms with van der Waals surface area (Å²) in [6.07, 6.45) is 5.13. The maximum absolute atomic E-state index is 11.1. The van der Waals surface area contributed by atoms with Gasteiger partial charge in [-0.05, 0) is 86.3 Å². The zero-order valence-corrected chi connectivity index (χ0v) is 20.1. The summed E-state index contributed by atoms with van der Waals surface area (Å²) in [7, 11) is 0. The van der Waals surface area contributed by atoms with Crippen molar-refractivity contribution in [3.8, 4) is 0 Å². The van der Waals surface area contributed by atoms with Gasteiger partial charge in [0.15, 0.2) is 5.11 Å². The number of carboxylic acids is 1. The quantitative estimate of drug-likeness (QED) is 0.437. The molecule has 0 radical (unpaired) electrons. The van der Waals surface area contributed by atoms with Crippen molar-refractivity contribution in [1.29, 1.82) is 0 Å². The van der Waals surface area contributed by atoms with Gasteiger partial charge in [-0.3, -0.25) is 9.69 Å². The second-order valence-corrected chi connectivity index (χ2v) is 9.29. The number of halogens is 1. The van der Waals surface area contributed by atoms with Crippen molar-refractivity contribution in [2.75, 3.05) is 24.5 Å². The van der Waals surface area contributed by atoms with Gasteiger partial charge in [-0.15, -0.1) is 0 Å². The maximum atomic E-state index is 11.1. The highest BCUT2D eigenvalue weighted by Crippen LogP contribution is 2.34. The molecule has 0 aliphatic heterocycles. The highest BCUT2D eigenvalue weighted by molar-refractivity contribution is 9.10. The lowest BCUT2D eigenvalue weighted by atomic mass is 9.86. The van der Waals surface area contributed by atoms with Crippen LogP contribution in [-0.2, 0) is 11.2 Å². The fourth-order valence-corrected chi connectivity index (χ4v) is 4.84. The summed E-state index contributed by atoms with van der Waals surface area (Å²) in [6, 6.07) is 17.0. The van der Waals surface area contributed by atoms with Crippen LogP contribution in [0.5, 0.6) is 0 Å². The second-order valence-electron chi connectivity index (χ2n) is 7.96. The lowest BCUT2D eigenvalue weighted by Crippen LogP contribution is -2.39. The minimum absolute atomic E-state index is 0.197. The number of nitrogens with two attached hydrogens (primary N) is 1. The standard InChI is InChI=1S/C24H30BrN3O2S/c25-19-11-13-20(14-12-19)28(24(26)31)17-5-16-27(15-4-10-23(29)30)22-9-3-7-18-6-1-2-8-21(18)22/h1-2,6,8,11-14,22H,3-5,7,9-10,15-17H2,(H2,26,31)(H,29,30)/t22-/m1/s1. The van der Waals surface area contributed by atoms with E-state index in [0.29, 0.717) is 17.6 Å². The molecule has 7 heteroatoms. The maximum Gasteiger partial charge on any atom is 0.303 e. The Morgan fingerprint density at radius 2 is 1.81 bits per heavy atom. The zero-order chi connectivity index (χ0) is 22.2. The Hall–Kier alpha value is -1.96. The van der Waals surface area contributed by atoms with E-state index in [-0.39, 0.29) is 6.42 Å². The van der Waals surface area contributed by atoms with Crippen molar-refractivity contribution in [2.24, 2.45) is 5.73 Å². The molecule has 0 fully saturated rings. The summed E-state index contributed by atoms with van der Waals surface area (Å²) in [5.74, 6) is -0.737. The smallest absolute Gasteiger partial charge is 0.303 e. The molecule has 5 nitrogen and oxygen atoms in total. The third-order valence-electron chi connectivity index (χ3n) is 5.85. The van der Waals surface area contributed by atoms with Gasteiger partial charge in [0.2, 0.25) is 0 Å². The lowest BCUT2D eigenvalue weighted by molar-refractivity contribution is -0.137. The van der Waals surface area contributed by atoms with E-state index in [9.17, 15) is 4.79 Å². The molecule has 0 amide bonds. The molecule has 1 atom stereocenters. The molecule has 2 aromatic rings. The fraction of sp³-hybridized carbons (Fsp3) is 0.417. The van der Waals surface area contributed by atoms with Crippen molar-refractivity contribution in [2.45, 2.75) is 44.6 Å².